The Labute approximate surface area is 82.9 Å². The molecule has 0 saturated carbocycles. The minimum Gasteiger partial charge on any atom is -0.494 e. The molecule has 5 nitrogen and oxygen atoms in total. The van der Waals surface area contributed by atoms with Gasteiger partial charge in [0.2, 0.25) is 5.95 Å². The predicted octanol–water partition coefficient (Wildman–Crippen LogP) is 0.116. The van der Waals surface area contributed by atoms with Crippen LogP contribution in [0.2, 0.25) is 0 Å². The van der Waals surface area contributed by atoms with Gasteiger partial charge >= 0.3 is 0 Å². The Morgan fingerprint density at radius 1 is 1.50 bits per heavy atom. The standard InChI is InChI=1S/C9H14N4O/c1-14-8-5-12-9(13-6-8)11-4-7-2-10-3-7/h5-7,10H,2-4H2,1H3,(H,11,12,13). The minimum atomic E-state index is 0.665. The van der Waals surface area contributed by atoms with Gasteiger partial charge in [-0.3, -0.25) is 0 Å². The quantitative estimate of drug-likeness (QED) is 0.712. The third kappa shape index (κ3) is 2.11. The molecule has 1 aromatic heterocycles. The molecule has 76 valence electrons. The molecule has 0 aromatic carbocycles. The van der Waals surface area contributed by atoms with Crippen molar-refractivity contribution in [1.29, 1.82) is 0 Å². The van der Waals surface area contributed by atoms with Gasteiger partial charge in [0.15, 0.2) is 5.75 Å². The number of rotatable bonds is 4. The molecule has 2 heterocycles. The summed E-state index contributed by atoms with van der Waals surface area (Å²) < 4.78 is 4.96. The molecule has 0 aliphatic carbocycles. The van der Waals surface area contributed by atoms with Gasteiger partial charge in [0.05, 0.1) is 19.5 Å². The van der Waals surface area contributed by atoms with Gasteiger partial charge < -0.3 is 15.4 Å². The molecule has 0 bridgehead atoms. The Morgan fingerprint density at radius 2 is 2.21 bits per heavy atom. The van der Waals surface area contributed by atoms with Crippen molar-refractivity contribution in [2.24, 2.45) is 5.92 Å². The van der Waals surface area contributed by atoms with E-state index in [9.17, 15) is 0 Å². The summed E-state index contributed by atoms with van der Waals surface area (Å²) in [5, 5.41) is 6.40. The monoisotopic (exact) mass is 194 g/mol. The number of nitrogens with zero attached hydrogens (tertiary/aromatic N) is 2. The van der Waals surface area contributed by atoms with Crippen molar-refractivity contribution in [2.45, 2.75) is 0 Å². The van der Waals surface area contributed by atoms with Crippen molar-refractivity contribution in [3.8, 4) is 5.75 Å². The molecule has 0 spiro atoms. The minimum absolute atomic E-state index is 0.665. The second-order valence-electron chi connectivity index (χ2n) is 3.35. The maximum Gasteiger partial charge on any atom is 0.222 e. The van der Waals surface area contributed by atoms with E-state index in [2.05, 4.69) is 20.6 Å². The summed E-state index contributed by atoms with van der Waals surface area (Å²) in [7, 11) is 1.60. The summed E-state index contributed by atoms with van der Waals surface area (Å²) in [5.74, 6) is 2.05. The number of anilines is 1. The first-order chi connectivity index (χ1) is 6.88. The highest BCUT2D eigenvalue weighted by atomic mass is 16.5. The third-order valence-electron chi connectivity index (χ3n) is 2.28. The molecule has 0 atom stereocenters. The summed E-state index contributed by atoms with van der Waals surface area (Å²) in [4.78, 5) is 8.22. The highest BCUT2D eigenvalue weighted by Gasteiger charge is 2.16. The Kier molecular flexibility index (Phi) is 2.78. The molecule has 0 unspecified atom stereocenters. The van der Waals surface area contributed by atoms with Gasteiger partial charge in [-0.05, 0) is 0 Å². The van der Waals surface area contributed by atoms with Gasteiger partial charge in [0, 0.05) is 25.6 Å². The van der Waals surface area contributed by atoms with Crippen LogP contribution in [0.15, 0.2) is 12.4 Å². The number of nitrogens with one attached hydrogen (secondary N) is 2. The van der Waals surface area contributed by atoms with E-state index in [4.69, 9.17) is 4.74 Å². The Morgan fingerprint density at radius 3 is 2.71 bits per heavy atom. The molecule has 1 fully saturated rings. The zero-order valence-electron chi connectivity index (χ0n) is 8.16. The van der Waals surface area contributed by atoms with Crippen LogP contribution in [-0.4, -0.2) is 36.7 Å². The zero-order valence-corrected chi connectivity index (χ0v) is 8.16. The second kappa shape index (κ2) is 4.23. The van der Waals surface area contributed by atoms with Crippen molar-refractivity contribution in [3.05, 3.63) is 12.4 Å². The number of hydrogen-bond donors (Lipinski definition) is 2. The van der Waals surface area contributed by atoms with Crippen molar-refractivity contribution >= 4 is 5.95 Å². The van der Waals surface area contributed by atoms with E-state index in [1.807, 2.05) is 0 Å². The van der Waals surface area contributed by atoms with E-state index in [1.165, 1.54) is 0 Å². The third-order valence-corrected chi connectivity index (χ3v) is 2.28. The van der Waals surface area contributed by atoms with Crippen molar-refractivity contribution in [1.82, 2.24) is 15.3 Å². The summed E-state index contributed by atoms with van der Waals surface area (Å²) in [6, 6.07) is 0. The largest absolute Gasteiger partial charge is 0.494 e. The molecule has 1 aromatic rings. The summed E-state index contributed by atoms with van der Waals surface area (Å²) in [6.07, 6.45) is 3.32. The fourth-order valence-corrected chi connectivity index (χ4v) is 1.24. The average Bonchev–Trinajstić information content (AvgIpc) is 2.16. The van der Waals surface area contributed by atoms with Gasteiger partial charge in [-0.25, -0.2) is 9.97 Å². The number of ether oxygens (including phenoxy) is 1. The first kappa shape index (κ1) is 9.21. The lowest BCUT2D eigenvalue weighted by molar-refractivity contribution is 0.364. The topological polar surface area (TPSA) is 59.1 Å². The van der Waals surface area contributed by atoms with Crippen LogP contribution < -0.4 is 15.4 Å². The van der Waals surface area contributed by atoms with Gasteiger partial charge in [-0.2, -0.15) is 0 Å². The smallest absolute Gasteiger partial charge is 0.222 e. The van der Waals surface area contributed by atoms with Gasteiger partial charge in [-0.15, -0.1) is 0 Å². The molecule has 14 heavy (non-hydrogen) atoms. The lowest BCUT2D eigenvalue weighted by atomic mass is 10.0. The summed E-state index contributed by atoms with van der Waals surface area (Å²) in [6.45, 7) is 3.10. The van der Waals surface area contributed by atoms with E-state index in [0.717, 1.165) is 19.6 Å². The van der Waals surface area contributed by atoms with Crippen LogP contribution >= 0.6 is 0 Å². The number of methoxy groups -OCH3 is 1. The average molecular weight is 194 g/mol. The number of hydrogen-bond acceptors (Lipinski definition) is 5. The van der Waals surface area contributed by atoms with E-state index in [-0.39, 0.29) is 0 Å². The van der Waals surface area contributed by atoms with Crippen molar-refractivity contribution < 1.29 is 4.74 Å². The molecule has 2 rings (SSSR count). The number of aromatic nitrogens is 2. The van der Waals surface area contributed by atoms with Crippen LogP contribution in [0.1, 0.15) is 0 Å². The highest BCUT2D eigenvalue weighted by Crippen LogP contribution is 2.08. The van der Waals surface area contributed by atoms with Crippen molar-refractivity contribution in [3.63, 3.8) is 0 Å². The molecule has 0 radical (unpaired) electrons. The molecular formula is C9H14N4O. The molecule has 1 aliphatic rings. The van der Waals surface area contributed by atoms with E-state index in [0.29, 0.717) is 17.6 Å². The van der Waals surface area contributed by atoms with Crippen LogP contribution in [0.4, 0.5) is 5.95 Å². The van der Waals surface area contributed by atoms with E-state index >= 15 is 0 Å². The Balaban J connectivity index is 1.83. The van der Waals surface area contributed by atoms with Gasteiger partial charge in [0.25, 0.3) is 0 Å². The maximum atomic E-state index is 4.96. The normalized spacial score (nSPS) is 16.1. The van der Waals surface area contributed by atoms with E-state index in [1.54, 1.807) is 19.5 Å². The Bertz CT molecular complexity index is 283. The van der Waals surface area contributed by atoms with E-state index < -0.39 is 0 Å². The van der Waals surface area contributed by atoms with Crippen molar-refractivity contribution in [2.75, 3.05) is 32.1 Å². The fraction of sp³-hybridized carbons (Fsp3) is 0.556. The molecule has 0 amide bonds. The summed E-state index contributed by atoms with van der Waals surface area (Å²) in [5.41, 5.74) is 0. The van der Waals surface area contributed by atoms with Crippen LogP contribution in [0.25, 0.3) is 0 Å². The lowest BCUT2D eigenvalue weighted by Gasteiger charge is -2.26. The molecular weight excluding hydrogens is 180 g/mol. The maximum absolute atomic E-state index is 4.96. The van der Waals surface area contributed by atoms with Crippen LogP contribution in [0, 0.1) is 5.92 Å². The van der Waals surface area contributed by atoms with Crippen LogP contribution in [-0.2, 0) is 0 Å². The molecule has 5 heteroatoms. The highest BCUT2D eigenvalue weighted by molar-refractivity contribution is 5.27. The SMILES string of the molecule is COc1cnc(NCC2CNC2)nc1. The summed E-state index contributed by atoms with van der Waals surface area (Å²) >= 11 is 0. The first-order valence-electron chi connectivity index (χ1n) is 4.69. The first-order valence-corrected chi connectivity index (χ1v) is 4.69. The molecule has 1 aliphatic heterocycles. The van der Waals surface area contributed by atoms with Gasteiger partial charge in [-0.1, -0.05) is 0 Å². The molecule has 1 saturated heterocycles. The fourth-order valence-electron chi connectivity index (χ4n) is 1.24. The predicted molar refractivity (Wildman–Crippen MR) is 53.4 cm³/mol. The van der Waals surface area contributed by atoms with Gasteiger partial charge in [0.1, 0.15) is 0 Å². The van der Waals surface area contributed by atoms with Crippen LogP contribution in [0.3, 0.4) is 0 Å². The molecule has 2 N–H and O–H groups in total. The Hall–Kier alpha value is -1.36. The lowest BCUT2D eigenvalue weighted by Crippen LogP contribution is -2.45. The van der Waals surface area contributed by atoms with Crippen LogP contribution in [0.5, 0.6) is 5.75 Å². The zero-order chi connectivity index (χ0) is 9.80. The second-order valence-corrected chi connectivity index (χ2v) is 3.35.